The number of sulfone groups is 2. The zero-order valence-corrected chi connectivity index (χ0v) is 15.8. The minimum Gasteiger partial charge on any atom is -0.497 e. The van der Waals surface area contributed by atoms with Crippen molar-refractivity contribution in [2.75, 3.05) is 7.11 Å². The van der Waals surface area contributed by atoms with Crippen LogP contribution in [0.5, 0.6) is 5.75 Å². The fourth-order valence-corrected chi connectivity index (χ4v) is 5.00. The molecule has 142 valence electrons. The number of ether oxygens (including phenoxy) is 1. The molecule has 1 aliphatic rings. The molecule has 0 saturated carbocycles. The van der Waals surface area contributed by atoms with E-state index in [1.807, 2.05) is 0 Å². The van der Waals surface area contributed by atoms with Crippen molar-refractivity contribution in [1.29, 1.82) is 0 Å². The minimum absolute atomic E-state index is 0.177. The maximum absolute atomic E-state index is 13.0. The van der Waals surface area contributed by atoms with Crippen molar-refractivity contribution < 1.29 is 31.6 Å². The monoisotopic (exact) mass is 402 g/mol. The molecule has 2 amide bonds. The van der Waals surface area contributed by atoms with Crippen molar-refractivity contribution in [3.63, 3.8) is 0 Å². The summed E-state index contributed by atoms with van der Waals surface area (Å²) in [7, 11) is -6.92. The van der Waals surface area contributed by atoms with Crippen LogP contribution in [0, 0.1) is 0 Å². The molecular weight excluding hydrogens is 384 g/mol. The second-order valence-corrected chi connectivity index (χ2v) is 10.0. The maximum Gasteiger partial charge on any atom is 0.347 e. The summed E-state index contributed by atoms with van der Waals surface area (Å²) in [5, 5.41) is 9.21. The van der Waals surface area contributed by atoms with Crippen molar-refractivity contribution in [2.24, 2.45) is 0 Å². The third-order valence-corrected chi connectivity index (χ3v) is 7.75. The van der Waals surface area contributed by atoms with E-state index >= 15 is 0 Å². The summed E-state index contributed by atoms with van der Waals surface area (Å²) >= 11 is 0. The number of amides is 2. The molecule has 0 saturated heterocycles. The molecule has 1 aromatic carbocycles. The van der Waals surface area contributed by atoms with Crippen molar-refractivity contribution in [1.82, 2.24) is 10.4 Å². The highest BCUT2D eigenvalue weighted by atomic mass is 32.2. The summed E-state index contributed by atoms with van der Waals surface area (Å²) in [6.07, 6.45) is 2.01. The van der Waals surface area contributed by atoms with Crippen LogP contribution in [-0.4, -0.2) is 45.0 Å². The number of benzene rings is 1. The van der Waals surface area contributed by atoms with Gasteiger partial charge < -0.3 is 4.74 Å². The third kappa shape index (κ3) is 3.20. The number of rotatable bonds is 3. The van der Waals surface area contributed by atoms with Gasteiger partial charge >= 0.3 is 6.03 Å². The number of hydrogen-bond donors (Lipinski definition) is 2. The summed E-state index contributed by atoms with van der Waals surface area (Å²) in [5.41, 5.74) is 1.30. The van der Waals surface area contributed by atoms with Crippen molar-refractivity contribution in [3.05, 3.63) is 46.9 Å². The number of nitrogens with zero attached hydrogens (tertiary/aromatic N) is 1. The van der Waals surface area contributed by atoms with E-state index in [2.05, 4.69) is 0 Å². The Hall–Kier alpha value is -2.37. The van der Waals surface area contributed by atoms with Gasteiger partial charge in [-0.05, 0) is 50.3 Å². The molecule has 26 heavy (non-hydrogen) atoms. The highest BCUT2D eigenvalue weighted by molar-refractivity contribution is 7.96. The van der Waals surface area contributed by atoms with Gasteiger partial charge in [0.15, 0.2) is 9.84 Å². The Morgan fingerprint density at radius 2 is 1.81 bits per heavy atom. The van der Waals surface area contributed by atoms with Crippen LogP contribution >= 0.6 is 0 Å². The van der Waals surface area contributed by atoms with Crippen LogP contribution in [-0.2, 0) is 19.7 Å². The molecule has 1 aliphatic heterocycles. The first-order valence-electron chi connectivity index (χ1n) is 7.25. The maximum atomic E-state index is 13.0. The van der Waals surface area contributed by atoms with E-state index in [-0.39, 0.29) is 4.90 Å². The summed E-state index contributed by atoms with van der Waals surface area (Å²) in [4.78, 5) is 10.5. The van der Waals surface area contributed by atoms with Gasteiger partial charge in [0.1, 0.15) is 15.6 Å². The Bertz CT molecular complexity index is 975. The number of urea groups is 1. The summed E-state index contributed by atoms with van der Waals surface area (Å²) in [5.74, 6) is 0.423. The molecular formula is C15H18N2O7S2. The highest BCUT2D eigenvalue weighted by Crippen LogP contribution is 2.35. The Labute approximate surface area is 151 Å². The zero-order chi connectivity index (χ0) is 19.8. The van der Waals surface area contributed by atoms with E-state index in [0.29, 0.717) is 10.6 Å². The van der Waals surface area contributed by atoms with Gasteiger partial charge in [0.05, 0.1) is 12.0 Å². The lowest BCUT2D eigenvalue weighted by atomic mass is 10.3. The summed E-state index contributed by atoms with van der Waals surface area (Å²) in [6, 6.07) is 4.06. The van der Waals surface area contributed by atoms with Crippen LogP contribution in [0.15, 0.2) is 51.8 Å². The van der Waals surface area contributed by atoms with E-state index in [1.54, 1.807) is 0 Å². The van der Waals surface area contributed by atoms with Crippen LogP contribution in [0.1, 0.15) is 13.8 Å². The van der Waals surface area contributed by atoms with Crippen LogP contribution in [0.2, 0.25) is 0 Å². The Kier molecular flexibility index (Phi) is 5.17. The minimum atomic E-state index is -4.29. The lowest BCUT2D eigenvalue weighted by molar-refractivity contribution is 0.127. The number of hydrogen-bond acceptors (Lipinski definition) is 7. The number of nitrogens with one attached hydrogen (secondary N) is 1. The SMILES string of the molecule is COc1ccc(S(=O)(=O)C2=CC=CS(=O)(=O)C(C)(C)N2C(=O)NO)cc1. The van der Waals surface area contributed by atoms with Gasteiger partial charge in [0.2, 0.25) is 9.84 Å². The Morgan fingerprint density at radius 3 is 2.31 bits per heavy atom. The number of carbonyl (C=O) groups is 1. The van der Waals surface area contributed by atoms with E-state index < -0.39 is 35.6 Å². The third-order valence-electron chi connectivity index (χ3n) is 3.90. The number of hydroxylamine groups is 1. The second kappa shape index (κ2) is 6.74. The van der Waals surface area contributed by atoms with Crippen molar-refractivity contribution in [2.45, 2.75) is 23.6 Å². The van der Waals surface area contributed by atoms with Crippen LogP contribution in [0.25, 0.3) is 0 Å². The molecule has 0 bridgehead atoms. The average molecular weight is 402 g/mol. The normalized spacial score (nSPS) is 18.6. The first-order valence-corrected chi connectivity index (χ1v) is 10.3. The second-order valence-electron chi connectivity index (χ2n) is 5.76. The molecule has 11 heteroatoms. The van der Waals surface area contributed by atoms with Crippen molar-refractivity contribution in [3.8, 4) is 5.75 Å². The molecule has 9 nitrogen and oxygen atoms in total. The van der Waals surface area contributed by atoms with Crippen molar-refractivity contribution >= 4 is 25.7 Å². The number of carbonyl (C=O) groups excluding carboxylic acids is 1. The van der Waals surface area contributed by atoms with E-state index in [9.17, 15) is 21.6 Å². The predicted molar refractivity (Wildman–Crippen MR) is 92.6 cm³/mol. The fourth-order valence-electron chi connectivity index (χ4n) is 2.34. The Balaban J connectivity index is 2.69. The molecule has 0 aliphatic carbocycles. The number of allylic oxidation sites excluding steroid dienone is 2. The van der Waals surface area contributed by atoms with Crippen LogP contribution in [0.3, 0.4) is 0 Å². The molecule has 0 atom stereocenters. The summed E-state index contributed by atoms with van der Waals surface area (Å²) in [6.45, 7) is 2.31. The first kappa shape index (κ1) is 19.9. The smallest absolute Gasteiger partial charge is 0.347 e. The van der Waals surface area contributed by atoms with E-state index in [1.165, 1.54) is 36.9 Å². The van der Waals surface area contributed by atoms with E-state index in [4.69, 9.17) is 9.94 Å². The average Bonchev–Trinajstić information content (AvgIpc) is 2.68. The standard InChI is InChI=1S/C15H18N2O7S2/c1-15(2)17(14(18)16-19)13(5-4-10-25(15,20)21)26(22,23)12-8-6-11(24-3)7-9-12/h4-10,19H,1-3H3,(H,16,18). The lowest BCUT2D eigenvalue weighted by Gasteiger charge is -2.36. The highest BCUT2D eigenvalue weighted by Gasteiger charge is 2.47. The van der Waals surface area contributed by atoms with Gasteiger partial charge in [-0.1, -0.05) is 0 Å². The largest absolute Gasteiger partial charge is 0.497 e. The number of methoxy groups -OCH3 is 1. The lowest BCUT2D eigenvalue weighted by Crippen LogP contribution is -2.55. The first-order chi connectivity index (χ1) is 12.0. The molecule has 1 aromatic rings. The zero-order valence-electron chi connectivity index (χ0n) is 14.2. The Morgan fingerprint density at radius 1 is 1.23 bits per heavy atom. The van der Waals surface area contributed by atoms with Gasteiger partial charge in [-0.2, -0.15) is 0 Å². The summed E-state index contributed by atoms with van der Waals surface area (Å²) < 4.78 is 55.9. The molecule has 0 fully saturated rings. The van der Waals surface area contributed by atoms with Crippen LogP contribution < -0.4 is 10.2 Å². The molecule has 0 radical (unpaired) electrons. The van der Waals surface area contributed by atoms with E-state index in [0.717, 1.165) is 31.4 Å². The molecule has 2 rings (SSSR count). The molecule has 1 heterocycles. The van der Waals surface area contributed by atoms with Gasteiger partial charge in [0, 0.05) is 5.41 Å². The van der Waals surface area contributed by atoms with Gasteiger partial charge in [0.25, 0.3) is 0 Å². The van der Waals surface area contributed by atoms with Gasteiger partial charge in [-0.15, -0.1) is 0 Å². The molecule has 0 unspecified atom stereocenters. The topological polar surface area (TPSA) is 130 Å². The quantitative estimate of drug-likeness (QED) is 0.577. The van der Waals surface area contributed by atoms with Gasteiger partial charge in [-0.25, -0.2) is 27.1 Å². The molecule has 0 spiro atoms. The van der Waals surface area contributed by atoms with Crippen LogP contribution in [0.4, 0.5) is 4.79 Å². The molecule has 0 aromatic heterocycles. The predicted octanol–water partition coefficient (Wildman–Crippen LogP) is 1.39. The molecule has 2 N–H and O–H groups in total. The fraction of sp³-hybridized carbons (Fsp3) is 0.267. The van der Waals surface area contributed by atoms with Gasteiger partial charge in [-0.3, -0.25) is 10.1 Å².